The van der Waals surface area contributed by atoms with Crippen molar-refractivity contribution < 1.29 is 4.42 Å². The van der Waals surface area contributed by atoms with Gasteiger partial charge >= 0.3 is 0 Å². The summed E-state index contributed by atoms with van der Waals surface area (Å²) in [5, 5.41) is 12.5. The summed E-state index contributed by atoms with van der Waals surface area (Å²) < 4.78 is 9.01. The van der Waals surface area contributed by atoms with Gasteiger partial charge in [0.1, 0.15) is 11.2 Å². The molecule has 0 aliphatic rings. The fraction of sp³-hybridized carbons (Fsp3) is 0. The molecule has 0 aliphatic carbocycles. The standard InChI is InChI=1S/C44H25N3O/c1-5-15-30-26(11-1)21-23-32-33-24-22-27-12-2-6-16-31(27)42(33)47(41(30)32)44-45-37-19-9-7-17-34(37)40(46-44)36-25-28-13-3-4-14-29(28)39-35-18-8-10-20-38(35)48-43(36)39/h1-25H. The molecule has 0 N–H and O–H groups in total. The number of aromatic nitrogens is 3. The van der Waals surface area contributed by atoms with Gasteiger partial charge < -0.3 is 4.42 Å². The van der Waals surface area contributed by atoms with Crippen LogP contribution < -0.4 is 0 Å². The van der Waals surface area contributed by atoms with E-state index in [0.717, 1.165) is 60.5 Å². The zero-order chi connectivity index (χ0) is 31.3. The molecule has 11 aromatic rings. The van der Waals surface area contributed by atoms with Gasteiger partial charge in [0.2, 0.25) is 5.95 Å². The van der Waals surface area contributed by atoms with Crippen molar-refractivity contribution in [2.24, 2.45) is 0 Å². The monoisotopic (exact) mass is 611 g/mol. The van der Waals surface area contributed by atoms with Gasteiger partial charge in [-0.15, -0.1) is 0 Å². The Hall–Kier alpha value is -6.52. The van der Waals surface area contributed by atoms with Gasteiger partial charge in [-0.3, -0.25) is 4.57 Å². The quantitative estimate of drug-likeness (QED) is 0.195. The maximum absolute atomic E-state index is 6.71. The molecule has 3 heterocycles. The molecule has 4 heteroatoms. The molecule has 48 heavy (non-hydrogen) atoms. The Bertz CT molecular complexity index is 3040. The molecule has 0 spiro atoms. The molecule has 0 amide bonds. The highest BCUT2D eigenvalue weighted by Gasteiger charge is 2.23. The van der Waals surface area contributed by atoms with E-state index in [2.05, 4.69) is 144 Å². The molecule has 0 unspecified atom stereocenters. The predicted octanol–water partition coefficient (Wildman–Crippen LogP) is 11.8. The Morgan fingerprint density at radius 3 is 1.71 bits per heavy atom. The molecule has 0 fully saturated rings. The van der Waals surface area contributed by atoms with Gasteiger partial charge in [-0.1, -0.05) is 133 Å². The summed E-state index contributed by atoms with van der Waals surface area (Å²) in [5.74, 6) is 0.633. The van der Waals surface area contributed by atoms with Gasteiger partial charge in [-0.25, -0.2) is 9.97 Å². The van der Waals surface area contributed by atoms with Crippen LogP contribution in [0.3, 0.4) is 0 Å². The van der Waals surface area contributed by atoms with Crippen LogP contribution in [0.4, 0.5) is 0 Å². The number of benzene rings is 8. The normalized spacial score (nSPS) is 12.2. The lowest BCUT2D eigenvalue weighted by molar-refractivity contribution is 0.670. The maximum atomic E-state index is 6.71. The number of rotatable bonds is 2. The maximum Gasteiger partial charge on any atom is 0.235 e. The Morgan fingerprint density at radius 1 is 0.438 bits per heavy atom. The van der Waals surface area contributed by atoms with Crippen LogP contribution in [-0.4, -0.2) is 14.5 Å². The molecular formula is C44H25N3O. The van der Waals surface area contributed by atoms with E-state index in [1.54, 1.807) is 0 Å². The highest BCUT2D eigenvalue weighted by Crippen LogP contribution is 2.43. The van der Waals surface area contributed by atoms with Crippen molar-refractivity contribution in [1.82, 2.24) is 14.5 Å². The number of hydrogen-bond acceptors (Lipinski definition) is 3. The van der Waals surface area contributed by atoms with E-state index < -0.39 is 0 Å². The van der Waals surface area contributed by atoms with Crippen LogP contribution in [-0.2, 0) is 0 Å². The van der Waals surface area contributed by atoms with E-state index >= 15 is 0 Å². The number of para-hydroxylation sites is 2. The first-order valence-electron chi connectivity index (χ1n) is 16.3. The van der Waals surface area contributed by atoms with Crippen LogP contribution in [0.5, 0.6) is 0 Å². The third-order valence-electron chi connectivity index (χ3n) is 9.96. The number of hydrogen-bond donors (Lipinski definition) is 0. The van der Waals surface area contributed by atoms with Crippen LogP contribution in [0, 0.1) is 0 Å². The van der Waals surface area contributed by atoms with E-state index in [9.17, 15) is 0 Å². The smallest absolute Gasteiger partial charge is 0.235 e. The average molecular weight is 612 g/mol. The van der Waals surface area contributed by atoms with Crippen molar-refractivity contribution in [2.45, 2.75) is 0 Å². The highest BCUT2D eigenvalue weighted by molar-refractivity contribution is 6.25. The van der Waals surface area contributed by atoms with Crippen LogP contribution >= 0.6 is 0 Å². The van der Waals surface area contributed by atoms with Gasteiger partial charge in [0, 0.05) is 43.3 Å². The molecule has 3 aromatic heterocycles. The Labute approximate surface area is 274 Å². The molecule has 222 valence electrons. The van der Waals surface area contributed by atoms with Gasteiger partial charge in [0.05, 0.1) is 22.2 Å². The predicted molar refractivity (Wildman–Crippen MR) is 199 cm³/mol. The van der Waals surface area contributed by atoms with Crippen LogP contribution in [0.25, 0.3) is 104 Å². The minimum absolute atomic E-state index is 0.633. The van der Waals surface area contributed by atoms with E-state index in [1.807, 2.05) is 12.1 Å². The third-order valence-corrected chi connectivity index (χ3v) is 9.96. The molecule has 0 aliphatic heterocycles. The summed E-state index contributed by atoms with van der Waals surface area (Å²) in [6.07, 6.45) is 0. The number of furan rings is 1. The van der Waals surface area contributed by atoms with Crippen molar-refractivity contribution in [2.75, 3.05) is 0 Å². The largest absolute Gasteiger partial charge is 0.455 e. The van der Waals surface area contributed by atoms with Crippen LogP contribution in [0.2, 0.25) is 0 Å². The summed E-state index contributed by atoms with van der Waals surface area (Å²) in [6, 6.07) is 53.5. The molecule has 11 rings (SSSR count). The molecule has 0 saturated carbocycles. The first kappa shape index (κ1) is 25.6. The average Bonchev–Trinajstić information content (AvgIpc) is 3.71. The molecule has 0 radical (unpaired) electrons. The fourth-order valence-electron chi connectivity index (χ4n) is 7.86. The molecule has 0 atom stereocenters. The molecule has 4 nitrogen and oxygen atoms in total. The van der Waals surface area contributed by atoms with Gasteiger partial charge in [-0.2, -0.15) is 0 Å². The lowest BCUT2D eigenvalue weighted by atomic mass is 9.97. The van der Waals surface area contributed by atoms with Crippen molar-refractivity contribution in [1.29, 1.82) is 0 Å². The summed E-state index contributed by atoms with van der Waals surface area (Å²) >= 11 is 0. The second-order valence-electron chi connectivity index (χ2n) is 12.5. The van der Waals surface area contributed by atoms with Gasteiger partial charge in [0.15, 0.2) is 0 Å². The van der Waals surface area contributed by atoms with Crippen molar-refractivity contribution >= 4 is 87.0 Å². The summed E-state index contributed by atoms with van der Waals surface area (Å²) in [5.41, 5.74) is 6.59. The zero-order valence-electron chi connectivity index (χ0n) is 25.7. The second-order valence-corrected chi connectivity index (χ2v) is 12.5. The first-order valence-corrected chi connectivity index (χ1v) is 16.3. The molecule has 8 aromatic carbocycles. The first-order chi connectivity index (χ1) is 23.8. The van der Waals surface area contributed by atoms with Crippen molar-refractivity contribution in [3.8, 4) is 17.2 Å². The molecule has 0 saturated heterocycles. The Morgan fingerprint density at radius 2 is 1.00 bits per heavy atom. The lowest BCUT2D eigenvalue weighted by Crippen LogP contribution is -2.04. The fourth-order valence-corrected chi connectivity index (χ4v) is 7.86. The van der Waals surface area contributed by atoms with Gasteiger partial charge in [-0.05, 0) is 39.7 Å². The van der Waals surface area contributed by atoms with E-state index in [-0.39, 0.29) is 0 Å². The lowest BCUT2D eigenvalue weighted by Gasteiger charge is -2.14. The topological polar surface area (TPSA) is 43.9 Å². The number of nitrogens with zero attached hydrogens (tertiary/aromatic N) is 3. The molecular weight excluding hydrogens is 587 g/mol. The van der Waals surface area contributed by atoms with E-state index in [1.165, 1.54) is 37.7 Å². The SMILES string of the molecule is c1ccc2c(c1)cc(-c1nc(-n3c4c5ccccc5ccc4c4ccc5ccccc5c43)nc3ccccc13)c1oc3ccccc3c12. The number of fused-ring (bicyclic) bond motifs is 13. The summed E-state index contributed by atoms with van der Waals surface area (Å²) in [6.45, 7) is 0. The second kappa shape index (κ2) is 9.50. The Kier molecular flexibility index (Phi) is 5.08. The minimum Gasteiger partial charge on any atom is -0.455 e. The zero-order valence-corrected chi connectivity index (χ0v) is 25.7. The van der Waals surface area contributed by atoms with E-state index in [0.29, 0.717) is 5.95 Å². The molecule has 0 bridgehead atoms. The summed E-state index contributed by atoms with van der Waals surface area (Å²) in [4.78, 5) is 10.9. The van der Waals surface area contributed by atoms with Crippen molar-refractivity contribution in [3.63, 3.8) is 0 Å². The van der Waals surface area contributed by atoms with Crippen LogP contribution in [0.1, 0.15) is 0 Å². The van der Waals surface area contributed by atoms with Crippen molar-refractivity contribution in [3.05, 3.63) is 152 Å². The third kappa shape index (κ3) is 3.43. The van der Waals surface area contributed by atoms with Gasteiger partial charge in [0.25, 0.3) is 0 Å². The highest BCUT2D eigenvalue weighted by atomic mass is 16.3. The Balaban J connectivity index is 1.34. The van der Waals surface area contributed by atoms with Crippen LogP contribution in [0.15, 0.2) is 156 Å². The van der Waals surface area contributed by atoms with E-state index in [4.69, 9.17) is 14.4 Å². The minimum atomic E-state index is 0.633. The summed E-state index contributed by atoms with van der Waals surface area (Å²) in [7, 11) is 0.